The van der Waals surface area contributed by atoms with Gasteiger partial charge < -0.3 is 18.8 Å². The Labute approximate surface area is 182 Å². The Morgan fingerprint density at radius 2 is 1.77 bits per heavy atom. The van der Waals surface area contributed by atoms with Crippen LogP contribution in [-0.2, 0) is 14.3 Å². The highest BCUT2D eigenvalue weighted by Crippen LogP contribution is 2.35. The number of likely N-dealkylation sites (tertiary alicyclic amines) is 1. The lowest BCUT2D eigenvalue weighted by Crippen LogP contribution is -2.47. The minimum absolute atomic E-state index is 0.0552. The third kappa shape index (κ3) is 3.75. The molecule has 6 nitrogen and oxygen atoms in total. The van der Waals surface area contributed by atoms with Crippen LogP contribution in [0.25, 0.3) is 5.65 Å². The molecule has 1 spiro atoms. The second kappa shape index (κ2) is 8.09. The topological polar surface area (TPSA) is 56.1 Å². The minimum atomic E-state index is -0.467. The van der Waals surface area contributed by atoms with E-state index >= 15 is 0 Å². The Morgan fingerprint density at radius 1 is 1.06 bits per heavy atom. The molecule has 3 aromatic rings. The van der Waals surface area contributed by atoms with Gasteiger partial charge >= 0.3 is 0 Å². The lowest BCUT2D eigenvalue weighted by atomic mass is 9.88. The Morgan fingerprint density at radius 3 is 2.52 bits per heavy atom. The molecule has 1 aromatic carbocycles. The number of aromatic nitrogens is 2. The van der Waals surface area contributed by atoms with E-state index in [2.05, 4.69) is 41.4 Å². The average Bonchev–Trinajstić information content (AvgIpc) is 3.41. The van der Waals surface area contributed by atoms with Gasteiger partial charge in [-0.15, -0.1) is 0 Å². The van der Waals surface area contributed by atoms with Gasteiger partial charge in [-0.2, -0.15) is 0 Å². The summed E-state index contributed by atoms with van der Waals surface area (Å²) in [4.78, 5) is 20.0. The zero-order valence-corrected chi connectivity index (χ0v) is 18.2. The van der Waals surface area contributed by atoms with Crippen molar-refractivity contribution >= 4 is 11.6 Å². The molecular formula is C25H29N3O3. The van der Waals surface area contributed by atoms with E-state index in [1.165, 1.54) is 11.1 Å². The van der Waals surface area contributed by atoms with E-state index in [-0.39, 0.29) is 11.8 Å². The number of rotatable bonds is 4. The third-order valence-corrected chi connectivity index (χ3v) is 6.75. The van der Waals surface area contributed by atoms with Crippen molar-refractivity contribution in [3.63, 3.8) is 0 Å². The molecule has 1 unspecified atom stereocenters. The number of piperidine rings is 1. The first-order valence-electron chi connectivity index (χ1n) is 11.1. The van der Waals surface area contributed by atoms with Crippen molar-refractivity contribution in [1.82, 2.24) is 14.3 Å². The molecule has 1 atom stereocenters. The second-order valence-corrected chi connectivity index (χ2v) is 8.67. The van der Waals surface area contributed by atoms with E-state index in [1.807, 2.05) is 35.5 Å². The molecule has 2 aliphatic heterocycles. The number of ether oxygens (including phenoxy) is 2. The first-order chi connectivity index (χ1) is 15.1. The molecule has 5 rings (SSSR count). The van der Waals surface area contributed by atoms with Gasteiger partial charge in [0.05, 0.1) is 18.9 Å². The minimum Gasteiger partial charge on any atom is -0.347 e. The highest BCUT2D eigenvalue weighted by atomic mass is 16.7. The van der Waals surface area contributed by atoms with Crippen molar-refractivity contribution in [2.45, 2.75) is 44.8 Å². The van der Waals surface area contributed by atoms with Crippen molar-refractivity contribution in [2.24, 2.45) is 0 Å². The second-order valence-electron chi connectivity index (χ2n) is 8.67. The first kappa shape index (κ1) is 20.2. The molecule has 2 aliphatic rings. The quantitative estimate of drug-likeness (QED) is 0.645. The maximum atomic E-state index is 13.4. The number of benzene rings is 1. The molecule has 1 amide bonds. The molecule has 162 valence electrons. The smallest absolute Gasteiger partial charge is 0.223 e. The standard InChI is InChI=1S/C25H29N3O3/c1-18-6-3-4-8-20(18)21(22-17-26-24-19(2)7-5-11-28(22)24)16-23(29)27-12-9-25(10-13-27)30-14-15-31-25/h3-8,11,17,21H,9-10,12-16H2,1-2H3. The van der Waals surface area contributed by atoms with Gasteiger partial charge in [-0.1, -0.05) is 30.3 Å². The van der Waals surface area contributed by atoms with E-state index in [0.29, 0.717) is 32.7 Å². The Kier molecular flexibility index (Phi) is 5.28. The van der Waals surface area contributed by atoms with Crippen molar-refractivity contribution in [3.05, 3.63) is 71.2 Å². The molecule has 0 saturated carbocycles. The number of carbonyl (C=O) groups excluding carboxylic acids is 1. The van der Waals surface area contributed by atoms with Crippen molar-refractivity contribution in [3.8, 4) is 0 Å². The SMILES string of the molecule is Cc1ccccc1C(CC(=O)N1CCC2(CC1)OCCO2)c1cnc2c(C)cccn12. The Balaban J connectivity index is 1.43. The fourth-order valence-corrected chi connectivity index (χ4v) is 4.97. The van der Waals surface area contributed by atoms with Crippen molar-refractivity contribution in [2.75, 3.05) is 26.3 Å². The van der Waals surface area contributed by atoms with Gasteiger partial charge in [0.25, 0.3) is 0 Å². The summed E-state index contributed by atoms with van der Waals surface area (Å²) in [6.45, 7) is 6.82. The van der Waals surface area contributed by atoms with Crippen molar-refractivity contribution in [1.29, 1.82) is 0 Å². The molecule has 2 aromatic heterocycles. The van der Waals surface area contributed by atoms with Gasteiger partial charge in [0.1, 0.15) is 5.65 Å². The van der Waals surface area contributed by atoms with Crippen molar-refractivity contribution < 1.29 is 14.3 Å². The largest absolute Gasteiger partial charge is 0.347 e. The fourth-order valence-electron chi connectivity index (χ4n) is 4.97. The summed E-state index contributed by atoms with van der Waals surface area (Å²) in [5, 5.41) is 0. The van der Waals surface area contributed by atoms with E-state index in [9.17, 15) is 4.79 Å². The number of pyridine rings is 1. The molecule has 0 N–H and O–H groups in total. The molecule has 0 radical (unpaired) electrons. The number of carbonyl (C=O) groups is 1. The summed E-state index contributed by atoms with van der Waals surface area (Å²) in [6, 6.07) is 12.4. The van der Waals surface area contributed by atoms with Crippen LogP contribution in [0.15, 0.2) is 48.8 Å². The molecule has 6 heteroatoms. The number of amides is 1. The Bertz CT molecular complexity index is 1090. The van der Waals surface area contributed by atoms with Crippen LogP contribution in [0, 0.1) is 13.8 Å². The van der Waals surface area contributed by atoms with Crippen LogP contribution in [-0.4, -0.2) is 52.3 Å². The van der Waals surface area contributed by atoms with Gasteiger partial charge in [0.15, 0.2) is 5.79 Å². The van der Waals surface area contributed by atoms with Gasteiger partial charge in [0.2, 0.25) is 5.91 Å². The molecule has 2 saturated heterocycles. The number of hydrogen-bond donors (Lipinski definition) is 0. The fraction of sp³-hybridized carbons (Fsp3) is 0.440. The Hall–Kier alpha value is -2.70. The molecule has 2 fully saturated rings. The number of hydrogen-bond acceptors (Lipinski definition) is 4. The summed E-state index contributed by atoms with van der Waals surface area (Å²) in [5.74, 6) is -0.352. The monoisotopic (exact) mass is 419 g/mol. The lowest BCUT2D eigenvalue weighted by Gasteiger charge is -2.38. The molecular weight excluding hydrogens is 390 g/mol. The number of aryl methyl sites for hydroxylation is 2. The van der Waals surface area contributed by atoms with Gasteiger partial charge in [-0.05, 0) is 36.6 Å². The lowest BCUT2D eigenvalue weighted by molar-refractivity contribution is -0.187. The van der Waals surface area contributed by atoms with E-state index in [0.717, 1.165) is 29.7 Å². The summed E-state index contributed by atoms with van der Waals surface area (Å²) >= 11 is 0. The predicted octanol–water partition coefficient (Wildman–Crippen LogP) is 3.84. The average molecular weight is 420 g/mol. The summed E-state index contributed by atoms with van der Waals surface area (Å²) in [6.07, 6.45) is 5.87. The summed E-state index contributed by atoms with van der Waals surface area (Å²) < 4.78 is 13.8. The van der Waals surface area contributed by atoms with Gasteiger partial charge in [-0.3, -0.25) is 4.79 Å². The maximum absolute atomic E-state index is 13.4. The molecule has 0 aliphatic carbocycles. The third-order valence-electron chi connectivity index (χ3n) is 6.75. The zero-order chi connectivity index (χ0) is 21.4. The normalized spacial score (nSPS) is 19.2. The first-order valence-corrected chi connectivity index (χ1v) is 11.1. The zero-order valence-electron chi connectivity index (χ0n) is 18.2. The maximum Gasteiger partial charge on any atom is 0.223 e. The number of imidazole rings is 1. The summed E-state index contributed by atoms with van der Waals surface area (Å²) in [7, 11) is 0. The van der Waals surface area contributed by atoms with Gasteiger partial charge in [0, 0.05) is 50.7 Å². The van der Waals surface area contributed by atoms with Gasteiger partial charge in [-0.25, -0.2) is 4.98 Å². The molecule has 31 heavy (non-hydrogen) atoms. The molecule has 0 bridgehead atoms. The van der Waals surface area contributed by atoms with Crippen LogP contribution in [0.5, 0.6) is 0 Å². The number of nitrogens with zero attached hydrogens (tertiary/aromatic N) is 3. The van der Waals surface area contributed by atoms with Crippen LogP contribution in [0.4, 0.5) is 0 Å². The van der Waals surface area contributed by atoms with E-state index in [4.69, 9.17) is 9.47 Å². The van der Waals surface area contributed by atoms with E-state index in [1.54, 1.807) is 0 Å². The van der Waals surface area contributed by atoms with Crippen LogP contribution in [0.1, 0.15) is 47.6 Å². The van der Waals surface area contributed by atoms with Crippen LogP contribution in [0.2, 0.25) is 0 Å². The highest BCUT2D eigenvalue weighted by Gasteiger charge is 2.41. The van der Waals surface area contributed by atoms with Crippen LogP contribution < -0.4 is 0 Å². The van der Waals surface area contributed by atoms with Crippen LogP contribution >= 0.6 is 0 Å². The number of fused-ring (bicyclic) bond motifs is 1. The molecule has 4 heterocycles. The summed E-state index contributed by atoms with van der Waals surface area (Å²) in [5.41, 5.74) is 5.49. The van der Waals surface area contributed by atoms with Crippen LogP contribution in [0.3, 0.4) is 0 Å². The predicted molar refractivity (Wildman–Crippen MR) is 118 cm³/mol. The highest BCUT2D eigenvalue weighted by molar-refractivity contribution is 5.78. The van der Waals surface area contributed by atoms with E-state index < -0.39 is 5.79 Å².